The fourth-order valence-corrected chi connectivity index (χ4v) is 4.35. The van der Waals surface area contributed by atoms with Crippen molar-refractivity contribution in [1.82, 2.24) is 14.5 Å². The predicted octanol–water partition coefficient (Wildman–Crippen LogP) is 4.00. The van der Waals surface area contributed by atoms with E-state index in [-0.39, 0.29) is 17.9 Å². The molecule has 6 heteroatoms. The van der Waals surface area contributed by atoms with E-state index in [9.17, 15) is 9.59 Å². The van der Waals surface area contributed by atoms with E-state index in [0.29, 0.717) is 10.9 Å². The first kappa shape index (κ1) is 16.7. The molecule has 0 bridgehead atoms. The summed E-state index contributed by atoms with van der Waals surface area (Å²) in [7, 11) is 0. The molecule has 4 rings (SSSR count). The number of thiophene rings is 1. The van der Waals surface area contributed by atoms with Crippen molar-refractivity contribution < 1.29 is 4.79 Å². The zero-order chi connectivity index (χ0) is 18.4. The van der Waals surface area contributed by atoms with Crippen LogP contribution in [0.1, 0.15) is 33.3 Å². The van der Waals surface area contributed by atoms with Gasteiger partial charge in [0, 0.05) is 27.5 Å². The van der Waals surface area contributed by atoms with Crippen LogP contribution in [-0.2, 0) is 13.0 Å². The van der Waals surface area contributed by atoms with Crippen LogP contribution in [0.5, 0.6) is 0 Å². The second kappa shape index (κ2) is 6.21. The van der Waals surface area contributed by atoms with Gasteiger partial charge in [-0.15, -0.1) is 11.3 Å². The molecule has 1 N–H and O–H groups in total. The number of ketones is 1. The summed E-state index contributed by atoms with van der Waals surface area (Å²) in [5, 5.41) is 1.52. The molecule has 0 atom stereocenters. The lowest BCUT2D eigenvalue weighted by Gasteiger charge is -2.05. The summed E-state index contributed by atoms with van der Waals surface area (Å²) in [5.41, 5.74) is 3.57. The van der Waals surface area contributed by atoms with Gasteiger partial charge in [-0.2, -0.15) is 0 Å². The molecule has 0 aliphatic carbocycles. The standard InChI is InChI=1S/C20H19N3O2S/c1-4-13-6-5-7-14-15(8-21-18(13)14)16(24)9-23-10-22-19-17(20(23)25)11(2)12(3)26-19/h5-8,10,21H,4,9H2,1-3H3. The molecule has 0 radical (unpaired) electrons. The Morgan fingerprint density at radius 3 is 2.88 bits per heavy atom. The van der Waals surface area contributed by atoms with Crippen molar-refractivity contribution in [2.24, 2.45) is 0 Å². The first-order valence-electron chi connectivity index (χ1n) is 8.58. The van der Waals surface area contributed by atoms with E-state index in [0.717, 1.165) is 32.6 Å². The Hall–Kier alpha value is -2.73. The smallest absolute Gasteiger partial charge is 0.262 e. The average Bonchev–Trinajstić information content (AvgIpc) is 3.19. The number of fused-ring (bicyclic) bond motifs is 2. The minimum atomic E-state index is -0.153. The van der Waals surface area contributed by atoms with Crippen LogP contribution in [0.3, 0.4) is 0 Å². The molecule has 0 aliphatic rings. The van der Waals surface area contributed by atoms with Crippen molar-refractivity contribution in [3.05, 3.63) is 62.6 Å². The molecule has 26 heavy (non-hydrogen) atoms. The fraction of sp³-hybridized carbons (Fsp3) is 0.250. The maximum Gasteiger partial charge on any atom is 0.262 e. The van der Waals surface area contributed by atoms with Gasteiger partial charge in [0.2, 0.25) is 0 Å². The number of rotatable bonds is 4. The van der Waals surface area contributed by atoms with Gasteiger partial charge in [-0.3, -0.25) is 14.2 Å². The highest BCUT2D eigenvalue weighted by molar-refractivity contribution is 7.18. The van der Waals surface area contributed by atoms with E-state index in [1.165, 1.54) is 27.8 Å². The summed E-state index contributed by atoms with van der Waals surface area (Å²) in [6, 6.07) is 5.95. The van der Waals surface area contributed by atoms with Crippen molar-refractivity contribution in [2.45, 2.75) is 33.7 Å². The summed E-state index contributed by atoms with van der Waals surface area (Å²) in [4.78, 5) is 35.1. The van der Waals surface area contributed by atoms with Gasteiger partial charge in [-0.05, 0) is 31.4 Å². The van der Waals surface area contributed by atoms with E-state index in [1.807, 2.05) is 26.0 Å². The summed E-state index contributed by atoms with van der Waals surface area (Å²) in [6.07, 6.45) is 4.11. The number of benzene rings is 1. The molecule has 0 amide bonds. The van der Waals surface area contributed by atoms with Gasteiger partial charge in [0.25, 0.3) is 5.56 Å². The van der Waals surface area contributed by atoms with Crippen LogP contribution in [0.4, 0.5) is 0 Å². The van der Waals surface area contributed by atoms with Gasteiger partial charge < -0.3 is 4.98 Å². The van der Waals surface area contributed by atoms with Crippen molar-refractivity contribution in [3.63, 3.8) is 0 Å². The maximum absolute atomic E-state index is 12.9. The SMILES string of the molecule is CCc1cccc2c(C(=O)Cn3cnc4sc(C)c(C)c4c3=O)c[nH]c12. The van der Waals surface area contributed by atoms with Gasteiger partial charge in [0.1, 0.15) is 4.83 Å². The molecule has 0 unspecified atom stereocenters. The number of carbonyl (C=O) groups excluding carboxylic acids is 1. The summed E-state index contributed by atoms with van der Waals surface area (Å²) in [5.74, 6) is -0.0997. The third-order valence-corrected chi connectivity index (χ3v) is 6.07. The Balaban J connectivity index is 1.75. The van der Waals surface area contributed by atoms with Gasteiger partial charge in [-0.1, -0.05) is 25.1 Å². The summed E-state index contributed by atoms with van der Waals surface area (Å²) in [6.45, 7) is 5.98. The Bertz CT molecular complexity index is 1210. The van der Waals surface area contributed by atoms with Crippen LogP contribution in [0, 0.1) is 13.8 Å². The first-order chi connectivity index (χ1) is 12.5. The topological polar surface area (TPSA) is 67.8 Å². The molecular formula is C20H19N3O2S. The van der Waals surface area contributed by atoms with Gasteiger partial charge in [0.05, 0.1) is 18.3 Å². The number of H-pyrrole nitrogens is 1. The van der Waals surface area contributed by atoms with Crippen molar-refractivity contribution in [3.8, 4) is 0 Å². The van der Waals surface area contributed by atoms with Crippen molar-refractivity contribution in [2.75, 3.05) is 0 Å². The minimum Gasteiger partial charge on any atom is -0.360 e. The van der Waals surface area contributed by atoms with Crippen molar-refractivity contribution in [1.29, 1.82) is 0 Å². The zero-order valence-corrected chi connectivity index (χ0v) is 15.7. The lowest BCUT2D eigenvalue weighted by Crippen LogP contribution is -2.24. The number of hydrogen-bond acceptors (Lipinski definition) is 4. The Labute approximate surface area is 154 Å². The molecule has 132 valence electrons. The zero-order valence-electron chi connectivity index (χ0n) is 14.9. The molecule has 0 aliphatic heterocycles. The number of nitrogens with zero attached hydrogens (tertiary/aromatic N) is 2. The second-order valence-electron chi connectivity index (χ2n) is 6.46. The Morgan fingerprint density at radius 1 is 1.31 bits per heavy atom. The summed E-state index contributed by atoms with van der Waals surface area (Å²) >= 11 is 1.51. The largest absolute Gasteiger partial charge is 0.360 e. The predicted molar refractivity (Wildman–Crippen MR) is 105 cm³/mol. The second-order valence-corrected chi connectivity index (χ2v) is 7.66. The maximum atomic E-state index is 12.9. The Morgan fingerprint density at radius 2 is 2.12 bits per heavy atom. The molecule has 0 saturated heterocycles. The van der Waals surface area contributed by atoms with Gasteiger partial charge in [0.15, 0.2) is 5.78 Å². The van der Waals surface area contributed by atoms with Crippen LogP contribution in [-0.4, -0.2) is 20.3 Å². The number of hydrogen-bond donors (Lipinski definition) is 1. The number of nitrogens with one attached hydrogen (secondary N) is 1. The molecule has 3 heterocycles. The fourth-order valence-electron chi connectivity index (χ4n) is 3.36. The normalized spacial score (nSPS) is 11.5. The number of aromatic amines is 1. The lowest BCUT2D eigenvalue weighted by molar-refractivity contribution is 0.0972. The van der Waals surface area contributed by atoms with Gasteiger partial charge in [-0.25, -0.2) is 4.98 Å². The van der Waals surface area contributed by atoms with Crippen LogP contribution in [0.25, 0.3) is 21.1 Å². The van der Waals surface area contributed by atoms with Crippen molar-refractivity contribution >= 4 is 38.2 Å². The number of Topliss-reactive ketones (excluding diaryl/α,β-unsaturated/α-hetero) is 1. The van der Waals surface area contributed by atoms with Gasteiger partial charge >= 0.3 is 0 Å². The third-order valence-electron chi connectivity index (χ3n) is 4.95. The third kappa shape index (κ3) is 2.49. The molecule has 5 nitrogen and oxygen atoms in total. The number of aryl methyl sites for hydroxylation is 3. The molecule has 0 saturated carbocycles. The van der Waals surface area contributed by atoms with Crippen LogP contribution in [0.15, 0.2) is 35.5 Å². The van der Waals surface area contributed by atoms with Crippen LogP contribution >= 0.6 is 11.3 Å². The van der Waals surface area contributed by atoms with Crippen LogP contribution in [0.2, 0.25) is 0 Å². The highest BCUT2D eigenvalue weighted by atomic mass is 32.1. The molecule has 0 fully saturated rings. The van der Waals surface area contributed by atoms with E-state index < -0.39 is 0 Å². The highest BCUT2D eigenvalue weighted by Crippen LogP contribution is 2.26. The number of para-hydroxylation sites is 1. The van der Waals surface area contributed by atoms with E-state index in [2.05, 4.69) is 23.0 Å². The van der Waals surface area contributed by atoms with E-state index in [1.54, 1.807) is 6.20 Å². The minimum absolute atomic E-state index is 0.0145. The van der Waals surface area contributed by atoms with E-state index >= 15 is 0 Å². The molecule has 1 aromatic carbocycles. The molecular weight excluding hydrogens is 346 g/mol. The van der Waals surface area contributed by atoms with Crippen LogP contribution < -0.4 is 5.56 Å². The quantitative estimate of drug-likeness (QED) is 0.556. The molecule has 3 aromatic heterocycles. The van der Waals surface area contributed by atoms with E-state index in [4.69, 9.17) is 0 Å². The summed E-state index contributed by atoms with van der Waals surface area (Å²) < 4.78 is 1.41. The molecule has 4 aromatic rings. The average molecular weight is 365 g/mol. The number of carbonyl (C=O) groups is 1. The number of aromatic nitrogens is 3. The first-order valence-corrected chi connectivity index (χ1v) is 9.40. The highest BCUT2D eigenvalue weighted by Gasteiger charge is 2.17. The molecule has 0 spiro atoms. The Kier molecular flexibility index (Phi) is 4.00. The monoisotopic (exact) mass is 365 g/mol. The lowest BCUT2D eigenvalue weighted by atomic mass is 10.0.